The molecule has 4 nitrogen and oxygen atoms in total. The van der Waals surface area contributed by atoms with Crippen LogP contribution in [0.4, 0.5) is 11.4 Å². The fourth-order valence-corrected chi connectivity index (χ4v) is 1.46. The van der Waals surface area contributed by atoms with Crippen molar-refractivity contribution in [1.29, 1.82) is 0 Å². The van der Waals surface area contributed by atoms with Crippen LogP contribution in [-0.2, 0) is 11.2 Å². The Morgan fingerprint density at radius 2 is 1.76 bits per heavy atom. The van der Waals surface area contributed by atoms with Gasteiger partial charge in [-0.3, -0.25) is 9.78 Å². The number of pyridine rings is 1. The highest BCUT2D eigenvalue weighted by molar-refractivity contribution is 5.92. The predicted molar refractivity (Wildman–Crippen MR) is 67.4 cm³/mol. The monoisotopic (exact) mass is 227 g/mol. The second-order valence-corrected chi connectivity index (χ2v) is 3.70. The first-order valence-electron chi connectivity index (χ1n) is 5.28. The lowest BCUT2D eigenvalue weighted by atomic mass is 10.2. The Kier molecular flexibility index (Phi) is 3.35. The quantitative estimate of drug-likeness (QED) is 0.786. The smallest absolute Gasteiger partial charge is 0.228 e. The molecule has 0 radical (unpaired) electrons. The van der Waals surface area contributed by atoms with Crippen LogP contribution in [-0.4, -0.2) is 10.9 Å². The Hall–Kier alpha value is -2.36. The van der Waals surface area contributed by atoms with E-state index in [0.717, 1.165) is 11.3 Å². The van der Waals surface area contributed by atoms with E-state index in [-0.39, 0.29) is 5.91 Å². The van der Waals surface area contributed by atoms with Gasteiger partial charge in [0.2, 0.25) is 5.91 Å². The van der Waals surface area contributed by atoms with Gasteiger partial charge in [-0.1, -0.05) is 0 Å². The molecule has 0 aliphatic rings. The zero-order valence-electron chi connectivity index (χ0n) is 9.26. The van der Waals surface area contributed by atoms with Crippen molar-refractivity contribution in [2.24, 2.45) is 0 Å². The van der Waals surface area contributed by atoms with Crippen molar-refractivity contribution in [2.45, 2.75) is 6.42 Å². The van der Waals surface area contributed by atoms with Gasteiger partial charge in [-0.15, -0.1) is 0 Å². The number of nitrogens with two attached hydrogens (primary N) is 1. The molecule has 0 aliphatic carbocycles. The Bertz CT molecular complexity index is 494. The normalized spacial score (nSPS) is 9.88. The molecule has 86 valence electrons. The van der Waals surface area contributed by atoms with Crippen LogP contribution in [0.25, 0.3) is 0 Å². The second kappa shape index (κ2) is 5.12. The summed E-state index contributed by atoms with van der Waals surface area (Å²) in [4.78, 5) is 15.6. The van der Waals surface area contributed by atoms with Crippen molar-refractivity contribution in [1.82, 2.24) is 4.98 Å². The van der Waals surface area contributed by atoms with E-state index in [2.05, 4.69) is 10.3 Å². The van der Waals surface area contributed by atoms with E-state index >= 15 is 0 Å². The van der Waals surface area contributed by atoms with E-state index in [4.69, 9.17) is 5.73 Å². The average molecular weight is 227 g/mol. The van der Waals surface area contributed by atoms with Gasteiger partial charge in [0.25, 0.3) is 0 Å². The molecule has 17 heavy (non-hydrogen) atoms. The van der Waals surface area contributed by atoms with Crippen molar-refractivity contribution >= 4 is 17.3 Å². The lowest BCUT2D eigenvalue weighted by Crippen LogP contribution is -2.14. The Morgan fingerprint density at radius 3 is 2.41 bits per heavy atom. The topological polar surface area (TPSA) is 68.0 Å². The third-order valence-corrected chi connectivity index (χ3v) is 2.31. The van der Waals surface area contributed by atoms with Gasteiger partial charge in [-0.2, -0.15) is 0 Å². The predicted octanol–water partition coefficient (Wildman–Crippen LogP) is 1.84. The number of amides is 1. The van der Waals surface area contributed by atoms with Gasteiger partial charge in [-0.25, -0.2) is 0 Å². The summed E-state index contributed by atoms with van der Waals surface area (Å²) >= 11 is 0. The van der Waals surface area contributed by atoms with Crippen molar-refractivity contribution in [3.63, 3.8) is 0 Å². The highest BCUT2D eigenvalue weighted by Gasteiger charge is 2.03. The van der Waals surface area contributed by atoms with Gasteiger partial charge in [0.1, 0.15) is 0 Å². The van der Waals surface area contributed by atoms with E-state index in [1.54, 1.807) is 36.7 Å². The highest BCUT2D eigenvalue weighted by atomic mass is 16.1. The maximum Gasteiger partial charge on any atom is 0.228 e. The van der Waals surface area contributed by atoms with E-state index in [0.29, 0.717) is 12.1 Å². The van der Waals surface area contributed by atoms with Gasteiger partial charge < -0.3 is 11.1 Å². The van der Waals surface area contributed by atoms with Crippen LogP contribution in [0, 0.1) is 0 Å². The molecule has 1 aromatic heterocycles. The van der Waals surface area contributed by atoms with Gasteiger partial charge >= 0.3 is 0 Å². The first kappa shape index (κ1) is 11.1. The molecule has 3 N–H and O–H groups in total. The standard InChI is InChI=1S/C13H13N3O/c14-11-1-3-12(4-2-11)16-13(17)9-10-5-7-15-8-6-10/h1-8H,9,14H2,(H,16,17). The van der Waals surface area contributed by atoms with Crippen LogP contribution < -0.4 is 11.1 Å². The van der Waals surface area contributed by atoms with E-state index in [1.165, 1.54) is 0 Å². The van der Waals surface area contributed by atoms with Crippen LogP contribution in [0.3, 0.4) is 0 Å². The molecule has 2 aromatic rings. The number of carbonyl (C=O) groups is 1. The molecule has 0 atom stereocenters. The lowest BCUT2D eigenvalue weighted by Gasteiger charge is -2.05. The number of aromatic nitrogens is 1. The van der Waals surface area contributed by atoms with Gasteiger partial charge in [0, 0.05) is 23.8 Å². The number of nitrogen functional groups attached to an aromatic ring is 1. The molecule has 1 aromatic carbocycles. The summed E-state index contributed by atoms with van der Waals surface area (Å²) in [5.74, 6) is -0.0547. The number of rotatable bonds is 3. The fourth-order valence-electron chi connectivity index (χ4n) is 1.46. The van der Waals surface area contributed by atoms with Crippen molar-refractivity contribution in [3.05, 3.63) is 54.4 Å². The number of hydrogen-bond acceptors (Lipinski definition) is 3. The number of anilines is 2. The minimum atomic E-state index is -0.0547. The first-order chi connectivity index (χ1) is 8.24. The molecule has 4 heteroatoms. The average Bonchev–Trinajstić information content (AvgIpc) is 2.33. The summed E-state index contributed by atoms with van der Waals surface area (Å²) in [7, 11) is 0. The summed E-state index contributed by atoms with van der Waals surface area (Å²) in [6, 6.07) is 10.7. The van der Waals surface area contributed by atoms with Crippen LogP contribution in [0.5, 0.6) is 0 Å². The number of hydrogen-bond donors (Lipinski definition) is 2. The Labute approximate surface area is 99.5 Å². The molecule has 0 spiro atoms. The number of nitrogens with one attached hydrogen (secondary N) is 1. The van der Waals surface area contributed by atoms with E-state index < -0.39 is 0 Å². The van der Waals surface area contributed by atoms with Crippen LogP contribution >= 0.6 is 0 Å². The van der Waals surface area contributed by atoms with Crippen LogP contribution in [0.15, 0.2) is 48.8 Å². The first-order valence-corrected chi connectivity index (χ1v) is 5.28. The molecule has 1 amide bonds. The summed E-state index contributed by atoms with van der Waals surface area (Å²) in [5.41, 5.74) is 7.93. The highest BCUT2D eigenvalue weighted by Crippen LogP contribution is 2.11. The van der Waals surface area contributed by atoms with Crippen molar-refractivity contribution in [3.8, 4) is 0 Å². The summed E-state index contributed by atoms with van der Waals surface area (Å²) < 4.78 is 0. The SMILES string of the molecule is Nc1ccc(NC(=O)Cc2ccncc2)cc1. The zero-order chi connectivity index (χ0) is 12.1. The molecule has 0 saturated heterocycles. The molecule has 0 aliphatic heterocycles. The number of carbonyl (C=O) groups excluding carboxylic acids is 1. The molecular weight excluding hydrogens is 214 g/mol. The van der Waals surface area contributed by atoms with E-state index in [1.807, 2.05) is 12.1 Å². The molecule has 0 fully saturated rings. The molecule has 0 saturated carbocycles. The zero-order valence-corrected chi connectivity index (χ0v) is 9.26. The van der Waals surface area contributed by atoms with Crippen LogP contribution in [0.1, 0.15) is 5.56 Å². The van der Waals surface area contributed by atoms with Gasteiger partial charge in [-0.05, 0) is 42.0 Å². The van der Waals surface area contributed by atoms with Gasteiger partial charge in [0.05, 0.1) is 6.42 Å². The third-order valence-electron chi connectivity index (χ3n) is 2.31. The summed E-state index contributed by atoms with van der Waals surface area (Å²) in [6.07, 6.45) is 3.69. The summed E-state index contributed by atoms with van der Waals surface area (Å²) in [5, 5.41) is 2.80. The van der Waals surface area contributed by atoms with E-state index in [9.17, 15) is 4.79 Å². The maximum atomic E-state index is 11.7. The summed E-state index contributed by atoms with van der Waals surface area (Å²) in [6.45, 7) is 0. The number of nitrogens with zero attached hydrogens (tertiary/aromatic N) is 1. The number of benzene rings is 1. The molecule has 1 heterocycles. The van der Waals surface area contributed by atoms with Gasteiger partial charge in [0.15, 0.2) is 0 Å². The fraction of sp³-hybridized carbons (Fsp3) is 0.0769. The molecule has 0 bridgehead atoms. The minimum Gasteiger partial charge on any atom is -0.399 e. The van der Waals surface area contributed by atoms with Crippen molar-refractivity contribution < 1.29 is 4.79 Å². The third kappa shape index (κ3) is 3.31. The maximum absolute atomic E-state index is 11.7. The lowest BCUT2D eigenvalue weighted by molar-refractivity contribution is -0.115. The molecular formula is C13H13N3O. The molecule has 2 rings (SSSR count). The van der Waals surface area contributed by atoms with Crippen LogP contribution in [0.2, 0.25) is 0 Å². The second-order valence-electron chi connectivity index (χ2n) is 3.70. The Balaban J connectivity index is 1.96. The largest absolute Gasteiger partial charge is 0.399 e. The Morgan fingerprint density at radius 1 is 1.12 bits per heavy atom. The molecule has 0 unspecified atom stereocenters. The van der Waals surface area contributed by atoms with Crippen molar-refractivity contribution in [2.75, 3.05) is 11.1 Å². The minimum absolute atomic E-state index is 0.0547.